The summed E-state index contributed by atoms with van der Waals surface area (Å²) in [7, 11) is 0. The first-order chi connectivity index (χ1) is 14.1. The minimum atomic E-state index is -0.511. The molecule has 0 bridgehead atoms. The lowest BCUT2D eigenvalue weighted by Crippen LogP contribution is -2.25. The molecule has 0 nitrogen and oxygen atoms in total. The zero-order chi connectivity index (χ0) is 20.6. The highest BCUT2D eigenvalue weighted by Gasteiger charge is 2.30. The monoisotopic (exact) mass is 398 g/mol. The highest BCUT2D eigenvalue weighted by Crippen LogP contribution is 2.42. The molecule has 2 aliphatic carbocycles. The van der Waals surface area contributed by atoms with Gasteiger partial charge in [0.15, 0.2) is 0 Å². The molecule has 0 saturated heterocycles. The van der Waals surface area contributed by atoms with Crippen molar-refractivity contribution in [3.8, 4) is 11.8 Å². The quantitative estimate of drug-likeness (QED) is 0.338. The van der Waals surface area contributed by atoms with Crippen LogP contribution in [0.5, 0.6) is 0 Å². The summed E-state index contributed by atoms with van der Waals surface area (Å²) < 4.78 is 28.5. The van der Waals surface area contributed by atoms with Gasteiger partial charge in [0.1, 0.15) is 11.6 Å². The summed E-state index contributed by atoms with van der Waals surface area (Å²) >= 11 is 0. The van der Waals surface area contributed by atoms with E-state index in [0.717, 1.165) is 43.4 Å². The van der Waals surface area contributed by atoms with E-state index >= 15 is 0 Å². The van der Waals surface area contributed by atoms with Crippen LogP contribution in [0.3, 0.4) is 0 Å². The van der Waals surface area contributed by atoms with E-state index in [4.69, 9.17) is 0 Å². The lowest BCUT2D eigenvalue weighted by atomic mass is 9.69. The summed E-state index contributed by atoms with van der Waals surface area (Å²) in [6.45, 7) is 5.85. The van der Waals surface area contributed by atoms with Crippen LogP contribution in [0.4, 0.5) is 8.78 Å². The number of benzene rings is 1. The Labute approximate surface area is 176 Å². The van der Waals surface area contributed by atoms with Gasteiger partial charge in [-0.2, -0.15) is 0 Å². The first-order valence-electron chi connectivity index (χ1n) is 11.7. The molecule has 2 saturated carbocycles. The molecule has 29 heavy (non-hydrogen) atoms. The third kappa shape index (κ3) is 6.18. The van der Waals surface area contributed by atoms with Gasteiger partial charge in [0.25, 0.3) is 0 Å². The molecule has 158 valence electrons. The number of hydrogen-bond acceptors (Lipinski definition) is 0. The van der Waals surface area contributed by atoms with Crippen molar-refractivity contribution in [1.29, 1.82) is 0 Å². The van der Waals surface area contributed by atoms with Crippen molar-refractivity contribution in [2.45, 2.75) is 84.0 Å². The van der Waals surface area contributed by atoms with E-state index in [1.807, 2.05) is 13.0 Å². The highest BCUT2D eigenvalue weighted by atomic mass is 19.1. The van der Waals surface area contributed by atoms with E-state index in [1.54, 1.807) is 0 Å². The van der Waals surface area contributed by atoms with Gasteiger partial charge in [0.05, 0.1) is 5.56 Å². The lowest BCUT2D eigenvalue weighted by molar-refractivity contribution is 0.154. The van der Waals surface area contributed by atoms with E-state index in [9.17, 15) is 8.78 Å². The minimum absolute atomic E-state index is 0.0511. The van der Waals surface area contributed by atoms with E-state index < -0.39 is 11.6 Å². The maximum absolute atomic E-state index is 14.3. The second kappa shape index (κ2) is 11.0. The van der Waals surface area contributed by atoms with Crippen LogP contribution in [-0.2, 0) is 6.42 Å². The van der Waals surface area contributed by atoms with Crippen molar-refractivity contribution in [1.82, 2.24) is 0 Å². The first kappa shape index (κ1) is 22.1. The highest BCUT2D eigenvalue weighted by molar-refractivity contribution is 5.39. The van der Waals surface area contributed by atoms with Gasteiger partial charge in [-0.15, -0.1) is 6.58 Å². The molecule has 2 heteroatoms. The van der Waals surface area contributed by atoms with Crippen LogP contribution < -0.4 is 0 Å². The summed E-state index contributed by atoms with van der Waals surface area (Å²) in [6, 6.07) is 2.89. The van der Waals surface area contributed by atoms with Crippen molar-refractivity contribution in [2.75, 3.05) is 0 Å². The molecule has 1 aromatic carbocycles. The maximum Gasteiger partial charge on any atom is 0.142 e. The topological polar surface area (TPSA) is 0 Å². The molecular formula is C27H36F2. The normalized spacial score (nSPS) is 27.1. The third-order valence-electron chi connectivity index (χ3n) is 7.15. The van der Waals surface area contributed by atoms with E-state index in [0.29, 0.717) is 12.0 Å². The molecule has 1 aromatic rings. The second-order valence-electron chi connectivity index (χ2n) is 9.21. The molecular weight excluding hydrogens is 362 g/mol. The van der Waals surface area contributed by atoms with Gasteiger partial charge in [-0.05, 0) is 93.2 Å². The molecule has 0 unspecified atom stereocenters. The van der Waals surface area contributed by atoms with Crippen molar-refractivity contribution in [2.24, 2.45) is 23.7 Å². The Bertz CT molecular complexity index is 700. The summed E-state index contributed by atoms with van der Waals surface area (Å²) in [5, 5.41) is 0. The molecule has 2 fully saturated rings. The molecule has 0 amide bonds. The average Bonchev–Trinajstić information content (AvgIpc) is 2.73. The zero-order valence-corrected chi connectivity index (χ0v) is 18.0. The van der Waals surface area contributed by atoms with Gasteiger partial charge in [-0.1, -0.05) is 44.1 Å². The number of hydrogen-bond donors (Lipinski definition) is 0. The van der Waals surface area contributed by atoms with Gasteiger partial charge in [0.2, 0.25) is 0 Å². The standard InChI is InChI=1S/C27H36F2/c1-3-5-7-20-8-13-23(14-9-20)24-15-10-21(11-16-24)12-17-25-26(28)18-22(6-4-2)19-27(25)29/h3,18-21,23-24H,1,4-11,13-16H2,2H3/t20-,21-,23-,24-. The number of rotatable bonds is 6. The number of allylic oxidation sites excluding steroid dienone is 1. The lowest BCUT2D eigenvalue weighted by Gasteiger charge is -2.37. The number of halogens is 2. The first-order valence-corrected chi connectivity index (χ1v) is 11.7. The van der Waals surface area contributed by atoms with Crippen LogP contribution in [0.2, 0.25) is 0 Å². The summed E-state index contributed by atoms with van der Waals surface area (Å²) in [4.78, 5) is 0. The SMILES string of the molecule is C=CCC[C@H]1CC[C@H]([C@H]2CC[C@H](C#Cc3c(F)cc(CCC)cc3F)CC2)CC1. The van der Waals surface area contributed by atoms with Gasteiger partial charge < -0.3 is 0 Å². The van der Waals surface area contributed by atoms with E-state index in [-0.39, 0.29) is 11.5 Å². The van der Waals surface area contributed by atoms with Crippen LogP contribution in [0, 0.1) is 47.1 Å². The van der Waals surface area contributed by atoms with Gasteiger partial charge >= 0.3 is 0 Å². The van der Waals surface area contributed by atoms with Gasteiger partial charge in [-0.25, -0.2) is 8.78 Å². The predicted octanol–water partition coefficient (Wildman–Crippen LogP) is 7.85. The summed E-state index contributed by atoms with van der Waals surface area (Å²) in [5.41, 5.74) is 0.664. The molecule has 0 spiro atoms. The minimum Gasteiger partial charge on any atom is -0.206 e. The van der Waals surface area contributed by atoms with Gasteiger partial charge in [0, 0.05) is 5.92 Å². The fraction of sp³-hybridized carbons (Fsp3) is 0.630. The maximum atomic E-state index is 14.3. The van der Waals surface area contributed by atoms with Crippen LogP contribution in [0.25, 0.3) is 0 Å². The average molecular weight is 399 g/mol. The smallest absolute Gasteiger partial charge is 0.142 e. The predicted molar refractivity (Wildman–Crippen MR) is 118 cm³/mol. The zero-order valence-electron chi connectivity index (χ0n) is 18.0. The van der Waals surface area contributed by atoms with Crippen molar-refractivity contribution in [3.63, 3.8) is 0 Å². The molecule has 2 aliphatic rings. The third-order valence-corrected chi connectivity index (χ3v) is 7.15. The van der Waals surface area contributed by atoms with Crippen LogP contribution >= 0.6 is 0 Å². The molecule has 0 N–H and O–H groups in total. The fourth-order valence-corrected chi connectivity index (χ4v) is 5.39. The van der Waals surface area contributed by atoms with E-state index in [1.165, 1.54) is 57.1 Å². The van der Waals surface area contributed by atoms with E-state index in [2.05, 4.69) is 18.4 Å². The Morgan fingerprint density at radius 1 is 0.966 bits per heavy atom. The Morgan fingerprint density at radius 2 is 1.55 bits per heavy atom. The Kier molecular flexibility index (Phi) is 8.34. The Balaban J connectivity index is 1.49. The molecule has 0 atom stereocenters. The molecule has 3 rings (SSSR count). The summed E-state index contributed by atoms with van der Waals surface area (Å²) in [5.74, 6) is 7.89. The number of aryl methyl sites for hydroxylation is 1. The molecule has 0 aromatic heterocycles. The van der Waals surface area contributed by atoms with Crippen LogP contribution in [0.15, 0.2) is 24.8 Å². The van der Waals surface area contributed by atoms with Crippen molar-refractivity contribution < 1.29 is 8.78 Å². The van der Waals surface area contributed by atoms with Crippen LogP contribution in [0.1, 0.15) is 88.7 Å². The van der Waals surface area contributed by atoms with Crippen molar-refractivity contribution in [3.05, 3.63) is 47.5 Å². The molecule has 0 radical (unpaired) electrons. The fourth-order valence-electron chi connectivity index (χ4n) is 5.39. The van der Waals surface area contributed by atoms with Crippen molar-refractivity contribution >= 4 is 0 Å². The molecule has 0 aliphatic heterocycles. The Morgan fingerprint density at radius 3 is 2.10 bits per heavy atom. The second-order valence-corrected chi connectivity index (χ2v) is 9.21. The Hall–Kier alpha value is -1.62. The molecule has 0 heterocycles. The largest absolute Gasteiger partial charge is 0.206 e. The van der Waals surface area contributed by atoms with Crippen LogP contribution in [-0.4, -0.2) is 0 Å². The summed E-state index contributed by atoms with van der Waals surface area (Å²) in [6.07, 6.45) is 16.2. The van der Waals surface area contributed by atoms with Gasteiger partial charge in [-0.3, -0.25) is 0 Å².